The smallest absolute Gasteiger partial charge is 0.123 e. The highest BCUT2D eigenvalue weighted by molar-refractivity contribution is 5.21. The van der Waals surface area contributed by atoms with Crippen LogP contribution in [0.4, 0.5) is 4.39 Å². The Morgan fingerprint density at radius 1 is 1.24 bits per heavy atom. The van der Waals surface area contributed by atoms with Crippen LogP contribution in [-0.4, -0.2) is 37.7 Å². The zero-order chi connectivity index (χ0) is 15.8. The van der Waals surface area contributed by atoms with E-state index >= 15 is 0 Å². The maximum Gasteiger partial charge on any atom is 0.123 e. The second kappa shape index (κ2) is 9.13. The molecule has 0 heterocycles. The predicted molar refractivity (Wildman–Crippen MR) is 85.7 cm³/mol. The maximum absolute atomic E-state index is 13.2. The van der Waals surface area contributed by atoms with Crippen molar-refractivity contribution < 1.29 is 9.13 Å². The molecule has 0 spiro atoms. The minimum Gasteiger partial charge on any atom is -0.383 e. The standard InChI is InChI=1S/C17H29FN2O/c1-5-16(19)17(14-6-8-15(18)9-7-14)20(10-11-21-4)12-13(2)3/h6-9,13,16-17H,5,10-12,19H2,1-4H3. The molecule has 0 saturated heterocycles. The van der Waals surface area contributed by atoms with Crippen LogP contribution in [0.3, 0.4) is 0 Å². The fraction of sp³-hybridized carbons (Fsp3) is 0.647. The number of rotatable bonds is 9. The summed E-state index contributed by atoms with van der Waals surface area (Å²) in [7, 11) is 1.71. The van der Waals surface area contributed by atoms with E-state index in [1.165, 1.54) is 12.1 Å². The summed E-state index contributed by atoms with van der Waals surface area (Å²) in [5.74, 6) is 0.323. The van der Waals surface area contributed by atoms with E-state index in [9.17, 15) is 4.39 Å². The number of benzene rings is 1. The molecule has 0 aliphatic carbocycles. The van der Waals surface area contributed by atoms with Crippen LogP contribution in [0.2, 0.25) is 0 Å². The largest absolute Gasteiger partial charge is 0.383 e. The number of ether oxygens (including phenoxy) is 1. The molecule has 0 radical (unpaired) electrons. The zero-order valence-electron chi connectivity index (χ0n) is 13.7. The first kappa shape index (κ1) is 18.1. The van der Waals surface area contributed by atoms with Crippen LogP contribution >= 0.6 is 0 Å². The third-order valence-corrected chi connectivity index (χ3v) is 3.66. The van der Waals surface area contributed by atoms with Gasteiger partial charge in [0, 0.05) is 32.3 Å². The molecule has 0 saturated carbocycles. The fourth-order valence-electron chi connectivity index (χ4n) is 2.63. The van der Waals surface area contributed by atoms with Crippen molar-refractivity contribution in [2.75, 3.05) is 26.8 Å². The summed E-state index contributed by atoms with van der Waals surface area (Å²) < 4.78 is 18.4. The summed E-state index contributed by atoms with van der Waals surface area (Å²) in [5.41, 5.74) is 7.43. The molecule has 0 fully saturated rings. The number of nitrogens with two attached hydrogens (primary N) is 1. The summed E-state index contributed by atoms with van der Waals surface area (Å²) in [5, 5.41) is 0. The molecule has 2 N–H and O–H groups in total. The summed E-state index contributed by atoms with van der Waals surface area (Å²) in [6, 6.07) is 6.81. The van der Waals surface area contributed by atoms with Gasteiger partial charge in [0.05, 0.1) is 6.61 Å². The number of hydrogen-bond acceptors (Lipinski definition) is 3. The van der Waals surface area contributed by atoms with E-state index in [-0.39, 0.29) is 17.9 Å². The number of nitrogens with zero attached hydrogens (tertiary/aromatic N) is 1. The quantitative estimate of drug-likeness (QED) is 0.760. The molecular formula is C17H29FN2O. The van der Waals surface area contributed by atoms with E-state index in [1.807, 2.05) is 12.1 Å². The fourth-order valence-corrected chi connectivity index (χ4v) is 2.63. The van der Waals surface area contributed by atoms with E-state index in [4.69, 9.17) is 10.5 Å². The van der Waals surface area contributed by atoms with E-state index in [1.54, 1.807) is 7.11 Å². The van der Waals surface area contributed by atoms with Gasteiger partial charge in [0.25, 0.3) is 0 Å². The van der Waals surface area contributed by atoms with Crippen molar-refractivity contribution in [1.29, 1.82) is 0 Å². The Labute approximate surface area is 128 Å². The van der Waals surface area contributed by atoms with Crippen molar-refractivity contribution in [3.63, 3.8) is 0 Å². The van der Waals surface area contributed by atoms with Gasteiger partial charge in [0.15, 0.2) is 0 Å². The number of hydrogen-bond donors (Lipinski definition) is 1. The van der Waals surface area contributed by atoms with E-state index in [2.05, 4.69) is 25.7 Å². The maximum atomic E-state index is 13.2. The van der Waals surface area contributed by atoms with Gasteiger partial charge < -0.3 is 10.5 Å². The highest BCUT2D eigenvalue weighted by Gasteiger charge is 2.26. The number of halogens is 1. The molecule has 3 nitrogen and oxygen atoms in total. The van der Waals surface area contributed by atoms with Gasteiger partial charge >= 0.3 is 0 Å². The van der Waals surface area contributed by atoms with Gasteiger partial charge in [-0.05, 0) is 30.0 Å². The minimum atomic E-state index is -0.213. The van der Waals surface area contributed by atoms with Crippen molar-refractivity contribution in [1.82, 2.24) is 4.90 Å². The second-order valence-electron chi connectivity index (χ2n) is 5.95. The predicted octanol–water partition coefficient (Wildman–Crippen LogP) is 3.21. The van der Waals surface area contributed by atoms with Crippen molar-refractivity contribution in [2.24, 2.45) is 11.7 Å². The van der Waals surface area contributed by atoms with Gasteiger partial charge in [-0.25, -0.2) is 4.39 Å². The first-order chi connectivity index (χ1) is 9.99. The van der Waals surface area contributed by atoms with Crippen LogP contribution in [0.25, 0.3) is 0 Å². The summed E-state index contributed by atoms with van der Waals surface area (Å²) in [6.07, 6.45) is 0.879. The van der Waals surface area contributed by atoms with E-state index in [0.29, 0.717) is 12.5 Å². The molecule has 2 atom stereocenters. The zero-order valence-corrected chi connectivity index (χ0v) is 13.7. The lowest BCUT2D eigenvalue weighted by atomic mass is 9.95. The Bertz CT molecular complexity index is 394. The van der Waals surface area contributed by atoms with Crippen molar-refractivity contribution in [3.05, 3.63) is 35.6 Å². The molecule has 4 heteroatoms. The SMILES string of the molecule is CCC(N)C(c1ccc(F)cc1)N(CCOC)CC(C)C. The number of methoxy groups -OCH3 is 1. The highest BCUT2D eigenvalue weighted by atomic mass is 19.1. The lowest BCUT2D eigenvalue weighted by Crippen LogP contribution is -2.43. The summed E-state index contributed by atoms with van der Waals surface area (Å²) >= 11 is 0. The molecule has 2 unspecified atom stereocenters. The average molecular weight is 296 g/mol. The average Bonchev–Trinajstić information content (AvgIpc) is 2.46. The van der Waals surface area contributed by atoms with E-state index in [0.717, 1.165) is 25.1 Å². The van der Waals surface area contributed by atoms with Gasteiger partial charge in [0.2, 0.25) is 0 Å². The van der Waals surface area contributed by atoms with Crippen LogP contribution in [-0.2, 0) is 4.74 Å². The first-order valence-corrected chi connectivity index (χ1v) is 7.73. The minimum absolute atomic E-state index is 0.0195. The van der Waals surface area contributed by atoms with Gasteiger partial charge in [-0.1, -0.05) is 32.9 Å². The van der Waals surface area contributed by atoms with Gasteiger partial charge in [-0.2, -0.15) is 0 Å². The monoisotopic (exact) mass is 296 g/mol. The lowest BCUT2D eigenvalue weighted by molar-refractivity contribution is 0.0975. The highest BCUT2D eigenvalue weighted by Crippen LogP contribution is 2.26. The molecule has 0 bridgehead atoms. The lowest BCUT2D eigenvalue weighted by Gasteiger charge is -2.36. The van der Waals surface area contributed by atoms with Gasteiger partial charge in [-0.15, -0.1) is 0 Å². The third kappa shape index (κ3) is 5.73. The van der Waals surface area contributed by atoms with Gasteiger partial charge in [-0.3, -0.25) is 4.90 Å². The molecule has 0 aliphatic rings. The summed E-state index contributed by atoms with van der Waals surface area (Å²) in [4.78, 5) is 2.36. The van der Waals surface area contributed by atoms with Crippen LogP contribution in [0, 0.1) is 11.7 Å². The molecule has 0 amide bonds. The Hall–Kier alpha value is -0.970. The van der Waals surface area contributed by atoms with Crippen LogP contribution < -0.4 is 5.73 Å². The van der Waals surface area contributed by atoms with Crippen molar-refractivity contribution >= 4 is 0 Å². The molecule has 1 rings (SSSR count). The van der Waals surface area contributed by atoms with Crippen molar-refractivity contribution in [3.8, 4) is 0 Å². The molecule has 21 heavy (non-hydrogen) atoms. The van der Waals surface area contributed by atoms with E-state index < -0.39 is 0 Å². The topological polar surface area (TPSA) is 38.5 Å². The first-order valence-electron chi connectivity index (χ1n) is 7.73. The molecule has 1 aromatic rings. The summed E-state index contributed by atoms with van der Waals surface area (Å²) in [6.45, 7) is 8.91. The third-order valence-electron chi connectivity index (χ3n) is 3.66. The molecule has 1 aromatic carbocycles. The molecule has 0 aromatic heterocycles. The Morgan fingerprint density at radius 3 is 2.33 bits per heavy atom. The van der Waals surface area contributed by atoms with Crippen LogP contribution in [0.5, 0.6) is 0 Å². The normalized spacial score (nSPS) is 14.7. The van der Waals surface area contributed by atoms with Crippen LogP contribution in [0.1, 0.15) is 38.8 Å². The molecule has 0 aliphatic heterocycles. The molecular weight excluding hydrogens is 267 g/mol. The van der Waals surface area contributed by atoms with Crippen molar-refractivity contribution in [2.45, 2.75) is 39.3 Å². The van der Waals surface area contributed by atoms with Gasteiger partial charge in [0.1, 0.15) is 5.82 Å². The van der Waals surface area contributed by atoms with Crippen LogP contribution in [0.15, 0.2) is 24.3 Å². The second-order valence-corrected chi connectivity index (χ2v) is 5.95. The Balaban J connectivity index is 3.03. The molecule has 120 valence electrons. The Morgan fingerprint density at radius 2 is 1.86 bits per heavy atom. The Kier molecular flexibility index (Phi) is 7.86.